The van der Waals surface area contributed by atoms with Crippen LogP contribution in [0.1, 0.15) is 35.0 Å². The van der Waals surface area contributed by atoms with Gasteiger partial charge < -0.3 is 14.2 Å². The van der Waals surface area contributed by atoms with Gasteiger partial charge in [0.1, 0.15) is 17.0 Å². The summed E-state index contributed by atoms with van der Waals surface area (Å²) in [4.78, 5) is 15.2. The molecule has 3 rings (SSSR count). The average Bonchev–Trinajstić information content (AvgIpc) is 2.88. The Kier molecular flexibility index (Phi) is 2.04. The molecule has 1 saturated carbocycles. The maximum Gasteiger partial charge on any atom is 0.341 e. The molecule has 2 heterocycles. The molecule has 0 amide bonds. The minimum atomic E-state index is -1.03. The minimum absolute atomic E-state index is 0.118. The van der Waals surface area contributed by atoms with Crippen LogP contribution in [0.4, 0.5) is 0 Å². The molecule has 0 unspecified atom stereocenters. The summed E-state index contributed by atoms with van der Waals surface area (Å²) < 4.78 is 6.93. The fourth-order valence-corrected chi connectivity index (χ4v) is 1.93. The van der Waals surface area contributed by atoms with Crippen molar-refractivity contribution in [3.63, 3.8) is 0 Å². The molecule has 0 radical (unpaired) electrons. The summed E-state index contributed by atoms with van der Waals surface area (Å²) >= 11 is 0. The number of carboxylic acids is 1. The number of aromatic nitrogens is 3. The first-order valence-electron chi connectivity index (χ1n) is 5.40. The zero-order chi connectivity index (χ0) is 12.0. The molecule has 0 aliphatic heterocycles. The van der Waals surface area contributed by atoms with E-state index in [4.69, 9.17) is 9.63 Å². The van der Waals surface area contributed by atoms with E-state index in [1.54, 1.807) is 19.4 Å². The predicted octanol–water partition coefficient (Wildman–Crippen LogP) is 1.88. The van der Waals surface area contributed by atoms with Gasteiger partial charge in [-0.15, -0.1) is 0 Å². The fraction of sp³-hybridized carbons (Fsp3) is 0.364. The predicted molar refractivity (Wildman–Crippen MR) is 57.7 cm³/mol. The molecule has 17 heavy (non-hydrogen) atoms. The fourth-order valence-electron chi connectivity index (χ4n) is 1.93. The van der Waals surface area contributed by atoms with Crippen molar-refractivity contribution in [2.24, 2.45) is 0 Å². The zero-order valence-electron chi connectivity index (χ0n) is 9.25. The van der Waals surface area contributed by atoms with E-state index in [-0.39, 0.29) is 5.56 Å². The van der Waals surface area contributed by atoms with Crippen LogP contribution in [0, 0.1) is 6.92 Å². The highest BCUT2D eigenvalue weighted by molar-refractivity contribution is 5.95. The molecule has 0 bridgehead atoms. The van der Waals surface area contributed by atoms with Gasteiger partial charge in [0.05, 0.1) is 18.2 Å². The van der Waals surface area contributed by atoms with E-state index in [1.165, 1.54) is 0 Å². The van der Waals surface area contributed by atoms with Crippen molar-refractivity contribution in [3.8, 4) is 11.4 Å². The monoisotopic (exact) mass is 233 g/mol. The second-order valence-electron chi connectivity index (χ2n) is 4.18. The second-order valence-corrected chi connectivity index (χ2v) is 4.18. The van der Waals surface area contributed by atoms with Crippen LogP contribution < -0.4 is 0 Å². The van der Waals surface area contributed by atoms with Gasteiger partial charge in [0.2, 0.25) is 0 Å². The molecule has 88 valence electrons. The largest absolute Gasteiger partial charge is 0.477 e. The SMILES string of the molecule is Cc1onc(-c2cncn2C2CC2)c1C(=O)O. The van der Waals surface area contributed by atoms with Crippen LogP contribution in [0.25, 0.3) is 11.4 Å². The summed E-state index contributed by atoms with van der Waals surface area (Å²) in [6.07, 6.45) is 5.54. The lowest BCUT2D eigenvalue weighted by molar-refractivity contribution is 0.0695. The van der Waals surface area contributed by atoms with Gasteiger partial charge in [-0.05, 0) is 19.8 Å². The summed E-state index contributed by atoms with van der Waals surface area (Å²) in [5.74, 6) is -0.710. The van der Waals surface area contributed by atoms with Crippen LogP contribution in [0.2, 0.25) is 0 Å². The summed E-state index contributed by atoms with van der Waals surface area (Å²) in [7, 11) is 0. The number of hydrogen-bond acceptors (Lipinski definition) is 4. The van der Waals surface area contributed by atoms with Crippen LogP contribution in [0.15, 0.2) is 17.0 Å². The molecule has 1 fully saturated rings. The van der Waals surface area contributed by atoms with Crippen LogP contribution in [0.3, 0.4) is 0 Å². The highest BCUT2D eigenvalue weighted by atomic mass is 16.5. The number of aromatic carboxylic acids is 1. The van der Waals surface area contributed by atoms with Crippen molar-refractivity contribution in [1.82, 2.24) is 14.7 Å². The summed E-state index contributed by atoms with van der Waals surface area (Å²) in [6.45, 7) is 1.60. The Labute approximate surface area is 96.9 Å². The lowest BCUT2D eigenvalue weighted by Crippen LogP contribution is -2.02. The molecule has 2 aromatic heterocycles. The zero-order valence-corrected chi connectivity index (χ0v) is 9.25. The van der Waals surface area contributed by atoms with E-state index in [1.807, 2.05) is 4.57 Å². The third-order valence-corrected chi connectivity index (χ3v) is 2.93. The van der Waals surface area contributed by atoms with Crippen molar-refractivity contribution < 1.29 is 14.4 Å². The Hall–Kier alpha value is -2.11. The van der Waals surface area contributed by atoms with E-state index in [9.17, 15) is 4.79 Å². The van der Waals surface area contributed by atoms with Crippen molar-refractivity contribution >= 4 is 5.97 Å². The van der Waals surface area contributed by atoms with E-state index >= 15 is 0 Å². The third kappa shape index (κ3) is 1.52. The molecule has 0 aromatic carbocycles. The van der Waals surface area contributed by atoms with Crippen molar-refractivity contribution in [3.05, 3.63) is 23.8 Å². The first-order valence-corrected chi connectivity index (χ1v) is 5.40. The average molecular weight is 233 g/mol. The number of nitrogens with zero attached hydrogens (tertiary/aromatic N) is 3. The molecule has 0 atom stereocenters. The Balaban J connectivity index is 2.14. The molecule has 6 nitrogen and oxygen atoms in total. The van der Waals surface area contributed by atoms with Crippen LogP contribution >= 0.6 is 0 Å². The van der Waals surface area contributed by atoms with E-state index in [0.29, 0.717) is 23.2 Å². The van der Waals surface area contributed by atoms with E-state index in [0.717, 1.165) is 12.8 Å². The maximum atomic E-state index is 11.2. The van der Waals surface area contributed by atoms with Gasteiger partial charge in [-0.3, -0.25) is 0 Å². The quantitative estimate of drug-likeness (QED) is 0.875. The molecule has 2 aromatic rings. The van der Waals surface area contributed by atoms with Gasteiger partial charge >= 0.3 is 5.97 Å². The van der Waals surface area contributed by atoms with Crippen LogP contribution in [-0.2, 0) is 0 Å². The Morgan fingerprint density at radius 2 is 2.35 bits per heavy atom. The highest BCUT2D eigenvalue weighted by Crippen LogP contribution is 2.38. The third-order valence-electron chi connectivity index (χ3n) is 2.93. The molecule has 1 N–H and O–H groups in total. The maximum absolute atomic E-state index is 11.2. The molecule has 1 aliphatic carbocycles. The Morgan fingerprint density at radius 3 is 3.00 bits per heavy atom. The molecular formula is C11H11N3O3. The second kappa shape index (κ2) is 3.44. The summed E-state index contributed by atoms with van der Waals surface area (Å²) in [5.41, 5.74) is 1.19. The highest BCUT2D eigenvalue weighted by Gasteiger charge is 2.29. The number of carbonyl (C=O) groups is 1. The smallest absolute Gasteiger partial charge is 0.341 e. The standard InChI is InChI=1S/C11H11N3O3/c1-6-9(11(15)16)10(13-17-6)8-4-12-5-14(8)7-2-3-7/h4-5,7H,2-3H2,1H3,(H,15,16). The topological polar surface area (TPSA) is 81.2 Å². The summed E-state index contributed by atoms with van der Waals surface area (Å²) in [6, 6.07) is 0.422. The molecule has 6 heteroatoms. The van der Waals surface area contributed by atoms with Crippen molar-refractivity contribution in [2.45, 2.75) is 25.8 Å². The molecule has 0 spiro atoms. The molecule has 1 aliphatic rings. The lowest BCUT2D eigenvalue weighted by Gasteiger charge is -2.03. The van der Waals surface area contributed by atoms with Crippen molar-refractivity contribution in [1.29, 1.82) is 0 Å². The normalized spacial score (nSPS) is 15.1. The number of carboxylic acid groups (broad SMARTS) is 1. The Bertz CT molecular complexity index is 581. The van der Waals surface area contributed by atoms with E-state index in [2.05, 4.69) is 10.1 Å². The summed E-state index contributed by atoms with van der Waals surface area (Å²) in [5, 5.41) is 13.0. The Morgan fingerprint density at radius 1 is 1.59 bits per heavy atom. The number of hydrogen-bond donors (Lipinski definition) is 1. The van der Waals surface area contributed by atoms with Gasteiger partial charge in [-0.25, -0.2) is 9.78 Å². The van der Waals surface area contributed by atoms with Gasteiger partial charge in [0.15, 0.2) is 0 Å². The first-order chi connectivity index (χ1) is 8.18. The van der Waals surface area contributed by atoms with Gasteiger partial charge in [0, 0.05) is 6.04 Å². The number of aryl methyl sites for hydroxylation is 1. The minimum Gasteiger partial charge on any atom is -0.477 e. The van der Waals surface area contributed by atoms with Gasteiger partial charge in [-0.2, -0.15) is 0 Å². The van der Waals surface area contributed by atoms with Crippen molar-refractivity contribution in [2.75, 3.05) is 0 Å². The number of rotatable bonds is 3. The van der Waals surface area contributed by atoms with E-state index < -0.39 is 5.97 Å². The lowest BCUT2D eigenvalue weighted by atomic mass is 10.1. The van der Waals surface area contributed by atoms with Gasteiger partial charge in [-0.1, -0.05) is 5.16 Å². The molecule has 0 saturated heterocycles. The van der Waals surface area contributed by atoms with Crippen LogP contribution in [0.5, 0.6) is 0 Å². The number of imidazole rings is 1. The first kappa shape index (κ1) is 10.1. The van der Waals surface area contributed by atoms with Gasteiger partial charge in [0.25, 0.3) is 0 Å². The molecular weight excluding hydrogens is 222 g/mol. The van der Waals surface area contributed by atoms with Crippen LogP contribution in [-0.4, -0.2) is 25.8 Å².